The number of carboxylic acid groups (broad SMARTS) is 1. The molecule has 0 bridgehead atoms. The molecular weight excluding hydrogens is 288 g/mol. The summed E-state index contributed by atoms with van der Waals surface area (Å²) in [6.45, 7) is -2.69. The van der Waals surface area contributed by atoms with Crippen molar-refractivity contribution in [3.63, 3.8) is 0 Å². The van der Waals surface area contributed by atoms with Crippen LogP contribution in [0.1, 0.15) is 15.2 Å². The molecule has 1 heterocycles. The van der Waals surface area contributed by atoms with Gasteiger partial charge in [0.1, 0.15) is 10.6 Å². The molecule has 0 aliphatic rings. The van der Waals surface area contributed by atoms with Gasteiger partial charge in [-0.3, -0.25) is 0 Å². The van der Waals surface area contributed by atoms with E-state index in [4.69, 9.17) is 5.11 Å². The summed E-state index contributed by atoms with van der Waals surface area (Å²) in [5.74, 6) is -0.983. The SMILES string of the molecule is O=C(O)c1sccc1CNc1ccccc1OC(F)F. The van der Waals surface area contributed by atoms with Gasteiger partial charge in [-0.05, 0) is 29.1 Å². The van der Waals surface area contributed by atoms with Gasteiger partial charge in [0.05, 0.1) is 5.69 Å². The monoisotopic (exact) mass is 299 g/mol. The zero-order valence-electron chi connectivity index (χ0n) is 10.2. The van der Waals surface area contributed by atoms with E-state index in [0.29, 0.717) is 11.3 Å². The number of hydrogen-bond acceptors (Lipinski definition) is 4. The number of ether oxygens (including phenoxy) is 1. The molecule has 0 radical (unpaired) electrons. The Hall–Kier alpha value is -2.15. The van der Waals surface area contributed by atoms with Gasteiger partial charge in [0.2, 0.25) is 0 Å². The molecule has 0 saturated heterocycles. The number of hydrogen-bond donors (Lipinski definition) is 2. The zero-order chi connectivity index (χ0) is 14.5. The van der Waals surface area contributed by atoms with Crippen LogP contribution in [0.5, 0.6) is 5.75 Å². The number of rotatable bonds is 6. The molecule has 2 aromatic rings. The summed E-state index contributed by atoms with van der Waals surface area (Å²) in [6.07, 6.45) is 0. The molecule has 1 aromatic carbocycles. The maximum atomic E-state index is 12.3. The highest BCUT2D eigenvalue weighted by Gasteiger charge is 2.13. The Kier molecular flexibility index (Phi) is 4.52. The standard InChI is InChI=1S/C13H11F2NO3S/c14-13(15)19-10-4-2-1-3-9(10)16-7-8-5-6-20-11(8)12(17)18/h1-6,13,16H,7H2,(H,17,18). The molecular formula is C13H11F2NO3S. The first kappa shape index (κ1) is 14.3. The van der Waals surface area contributed by atoms with Crippen molar-refractivity contribution in [2.75, 3.05) is 5.32 Å². The van der Waals surface area contributed by atoms with E-state index in [1.807, 2.05) is 0 Å². The van der Waals surface area contributed by atoms with Crippen LogP contribution in [-0.4, -0.2) is 17.7 Å². The number of anilines is 1. The van der Waals surface area contributed by atoms with Crippen molar-refractivity contribution < 1.29 is 23.4 Å². The second-order valence-electron chi connectivity index (χ2n) is 3.81. The molecule has 0 atom stereocenters. The molecule has 0 aliphatic heterocycles. The lowest BCUT2D eigenvalue weighted by Gasteiger charge is -2.12. The fraction of sp³-hybridized carbons (Fsp3) is 0.154. The molecule has 0 fully saturated rings. The predicted molar refractivity (Wildman–Crippen MR) is 71.7 cm³/mol. The van der Waals surface area contributed by atoms with Crippen molar-refractivity contribution in [2.45, 2.75) is 13.2 Å². The van der Waals surface area contributed by atoms with Crippen LogP contribution in [0.4, 0.5) is 14.5 Å². The maximum absolute atomic E-state index is 12.3. The van der Waals surface area contributed by atoms with Gasteiger partial charge in [0, 0.05) is 6.54 Å². The van der Waals surface area contributed by atoms with Crippen LogP contribution in [0.2, 0.25) is 0 Å². The third-order valence-electron chi connectivity index (χ3n) is 2.51. The average molecular weight is 299 g/mol. The molecule has 0 unspecified atom stereocenters. The lowest BCUT2D eigenvalue weighted by atomic mass is 10.2. The topological polar surface area (TPSA) is 58.6 Å². The quantitative estimate of drug-likeness (QED) is 0.854. The van der Waals surface area contributed by atoms with Crippen LogP contribution in [-0.2, 0) is 6.54 Å². The Morgan fingerprint density at radius 1 is 1.35 bits per heavy atom. The third-order valence-corrected chi connectivity index (χ3v) is 3.46. The molecule has 0 amide bonds. The average Bonchev–Trinajstić information content (AvgIpc) is 2.85. The first-order chi connectivity index (χ1) is 9.58. The van der Waals surface area contributed by atoms with E-state index in [2.05, 4.69) is 10.1 Å². The number of carbonyl (C=O) groups is 1. The summed E-state index contributed by atoms with van der Waals surface area (Å²) in [7, 11) is 0. The predicted octanol–water partition coefficient (Wildman–Crippen LogP) is 3.66. The number of carboxylic acids is 1. The molecule has 2 N–H and O–H groups in total. The highest BCUT2D eigenvalue weighted by atomic mass is 32.1. The summed E-state index contributed by atoms with van der Waals surface area (Å²) in [5.41, 5.74) is 0.977. The van der Waals surface area contributed by atoms with E-state index in [-0.39, 0.29) is 17.2 Å². The third kappa shape index (κ3) is 3.45. The van der Waals surface area contributed by atoms with Crippen LogP contribution in [0, 0.1) is 0 Å². The van der Waals surface area contributed by atoms with Gasteiger partial charge in [0.25, 0.3) is 0 Å². The molecule has 7 heteroatoms. The van der Waals surface area contributed by atoms with E-state index >= 15 is 0 Å². The van der Waals surface area contributed by atoms with Crippen LogP contribution in [0.3, 0.4) is 0 Å². The van der Waals surface area contributed by atoms with Crippen LogP contribution < -0.4 is 10.1 Å². The Bertz CT molecular complexity index is 601. The normalized spacial score (nSPS) is 10.6. The molecule has 20 heavy (non-hydrogen) atoms. The Balaban J connectivity index is 2.11. The highest BCUT2D eigenvalue weighted by molar-refractivity contribution is 7.12. The van der Waals surface area contributed by atoms with Gasteiger partial charge >= 0.3 is 12.6 Å². The molecule has 0 saturated carbocycles. The highest BCUT2D eigenvalue weighted by Crippen LogP contribution is 2.27. The molecule has 0 aliphatic carbocycles. The maximum Gasteiger partial charge on any atom is 0.387 e. The minimum absolute atomic E-state index is 0.0228. The number of thiophene rings is 1. The van der Waals surface area contributed by atoms with E-state index in [0.717, 1.165) is 11.3 Å². The summed E-state index contributed by atoms with van der Waals surface area (Å²) in [4.78, 5) is 11.2. The Morgan fingerprint density at radius 2 is 2.10 bits per heavy atom. The van der Waals surface area contributed by atoms with Crippen molar-refractivity contribution in [3.8, 4) is 5.75 Å². The number of benzene rings is 1. The second-order valence-corrected chi connectivity index (χ2v) is 4.72. The van der Waals surface area contributed by atoms with Gasteiger partial charge < -0.3 is 15.2 Å². The van der Waals surface area contributed by atoms with Crippen molar-refractivity contribution in [1.82, 2.24) is 0 Å². The first-order valence-corrected chi connectivity index (χ1v) is 6.53. The lowest BCUT2D eigenvalue weighted by molar-refractivity contribution is -0.0493. The van der Waals surface area contributed by atoms with Gasteiger partial charge in [-0.1, -0.05) is 12.1 Å². The number of nitrogens with one attached hydrogen (secondary N) is 1. The summed E-state index contributed by atoms with van der Waals surface area (Å²) in [6, 6.07) is 7.94. The first-order valence-electron chi connectivity index (χ1n) is 5.65. The fourth-order valence-electron chi connectivity index (χ4n) is 1.66. The van der Waals surface area contributed by atoms with Crippen molar-refractivity contribution in [2.24, 2.45) is 0 Å². The number of halogens is 2. The van der Waals surface area contributed by atoms with Crippen LogP contribution in [0.15, 0.2) is 35.7 Å². The Labute approximate surface area is 117 Å². The molecule has 2 rings (SSSR count). The molecule has 4 nitrogen and oxygen atoms in total. The number of aromatic carboxylic acids is 1. The minimum Gasteiger partial charge on any atom is -0.477 e. The van der Waals surface area contributed by atoms with E-state index in [1.54, 1.807) is 29.6 Å². The van der Waals surface area contributed by atoms with Crippen molar-refractivity contribution >= 4 is 23.0 Å². The number of para-hydroxylation sites is 2. The smallest absolute Gasteiger partial charge is 0.387 e. The van der Waals surface area contributed by atoms with Crippen molar-refractivity contribution in [1.29, 1.82) is 0 Å². The van der Waals surface area contributed by atoms with Crippen molar-refractivity contribution in [3.05, 3.63) is 46.2 Å². The summed E-state index contributed by atoms with van der Waals surface area (Å²) < 4.78 is 28.9. The summed E-state index contributed by atoms with van der Waals surface area (Å²) >= 11 is 1.12. The van der Waals surface area contributed by atoms with E-state index in [1.165, 1.54) is 6.07 Å². The fourth-order valence-corrected chi connectivity index (χ4v) is 2.43. The Morgan fingerprint density at radius 3 is 2.80 bits per heavy atom. The van der Waals surface area contributed by atoms with Gasteiger partial charge in [-0.25, -0.2) is 4.79 Å². The lowest BCUT2D eigenvalue weighted by Crippen LogP contribution is -2.07. The van der Waals surface area contributed by atoms with Gasteiger partial charge in [-0.2, -0.15) is 8.78 Å². The van der Waals surface area contributed by atoms with Gasteiger partial charge in [0.15, 0.2) is 0 Å². The van der Waals surface area contributed by atoms with E-state index < -0.39 is 12.6 Å². The number of alkyl halides is 2. The molecule has 1 aromatic heterocycles. The molecule has 0 spiro atoms. The minimum atomic E-state index is -2.91. The summed E-state index contributed by atoms with van der Waals surface area (Å²) in [5, 5.41) is 13.6. The van der Waals surface area contributed by atoms with Crippen LogP contribution in [0.25, 0.3) is 0 Å². The molecule has 106 valence electrons. The van der Waals surface area contributed by atoms with Crippen LogP contribution >= 0.6 is 11.3 Å². The largest absolute Gasteiger partial charge is 0.477 e. The second kappa shape index (κ2) is 6.33. The zero-order valence-corrected chi connectivity index (χ0v) is 11.0. The van der Waals surface area contributed by atoms with E-state index in [9.17, 15) is 13.6 Å². The van der Waals surface area contributed by atoms with Gasteiger partial charge in [-0.15, -0.1) is 11.3 Å².